The Labute approximate surface area is 157 Å². The molecule has 0 unspecified atom stereocenters. The average molecular weight is 383 g/mol. The van der Waals surface area contributed by atoms with Crippen LogP contribution in [-0.2, 0) is 9.59 Å². The van der Waals surface area contributed by atoms with Crippen molar-refractivity contribution in [2.75, 3.05) is 44.2 Å². The van der Waals surface area contributed by atoms with Gasteiger partial charge < -0.3 is 25.5 Å². The van der Waals surface area contributed by atoms with Crippen LogP contribution in [0.15, 0.2) is 24.3 Å². The van der Waals surface area contributed by atoms with Crippen LogP contribution < -0.4 is 15.5 Å². The fraction of sp³-hybridized carbons (Fsp3) is 0.471. The van der Waals surface area contributed by atoms with Crippen molar-refractivity contribution in [1.82, 2.24) is 15.5 Å². The first-order valence-corrected chi connectivity index (χ1v) is 8.85. The monoisotopic (exact) mass is 382 g/mol. The smallest absolute Gasteiger partial charge is 0.315 e. The number of halogens is 1. The summed E-state index contributed by atoms with van der Waals surface area (Å²) in [4.78, 5) is 38.0. The Morgan fingerprint density at radius 1 is 1.04 bits per heavy atom. The molecule has 1 fully saturated rings. The first-order chi connectivity index (χ1) is 12.5. The number of amides is 3. The second-order valence-corrected chi connectivity index (χ2v) is 6.39. The molecule has 142 valence electrons. The van der Waals surface area contributed by atoms with Gasteiger partial charge in [0.2, 0.25) is 5.91 Å². The molecule has 9 heteroatoms. The molecule has 0 bridgehead atoms. The summed E-state index contributed by atoms with van der Waals surface area (Å²) in [5.74, 6) is -1.04. The van der Waals surface area contributed by atoms with Crippen molar-refractivity contribution in [2.45, 2.75) is 12.8 Å². The highest BCUT2D eigenvalue weighted by molar-refractivity contribution is 6.30. The van der Waals surface area contributed by atoms with Crippen molar-refractivity contribution in [3.63, 3.8) is 0 Å². The van der Waals surface area contributed by atoms with Crippen molar-refractivity contribution in [3.8, 4) is 0 Å². The highest BCUT2D eigenvalue weighted by Gasteiger charge is 2.21. The van der Waals surface area contributed by atoms with Crippen molar-refractivity contribution in [3.05, 3.63) is 29.3 Å². The van der Waals surface area contributed by atoms with Gasteiger partial charge in [0, 0.05) is 49.9 Å². The molecule has 1 heterocycles. The molecular formula is C17H23ClN4O4. The Bertz CT molecular complexity index is 630. The van der Waals surface area contributed by atoms with Gasteiger partial charge in [0.05, 0.1) is 6.54 Å². The number of nitrogens with one attached hydrogen (secondary N) is 2. The summed E-state index contributed by atoms with van der Waals surface area (Å²) in [5, 5.41) is 14.2. The van der Waals surface area contributed by atoms with E-state index in [-0.39, 0.29) is 25.4 Å². The molecule has 3 amide bonds. The normalized spacial score (nSPS) is 14.0. The van der Waals surface area contributed by atoms with Crippen molar-refractivity contribution >= 4 is 35.2 Å². The van der Waals surface area contributed by atoms with Crippen LogP contribution in [0.4, 0.5) is 10.5 Å². The first kappa shape index (κ1) is 19.8. The molecule has 0 aromatic heterocycles. The fourth-order valence-corrected chi connectivity index (χ4v) is 2.76. The van der Waals surface area contributed by atoms with Crippen molar-refractivity contribution < 1.29 is 19.5 Å². The minimum absolute atomic E-state index is 0.00287. The Balaban J connectivity index is 1.65. The molecule has 0 spiro atoms. The number of carbonyl (C=O) groups is 3. The van der Waals surface area contributed by atoms with Crippen LogP contribution in [0.5, 0.6) is 0 Å². The van der Waals surface area contributed by atoms with Crippen LogP contribution in [0.25, 0.3) is 0 Å². The topological polar surface area (TPSA) is 102 Å². The van der Waals surface area contributed by atoms with Crippen molar-refractivity contribution in [1.29, 1.82) is 0 Å². The third-order valence-corrected chi connectivity index (χ3v) is 4.33. The molecule has 2 rings (SSSR count). The van der Waals surface area contributed by atoms with E-state index in [2.05, 4.69) is 15.5 Å². The highest BCUT2D eigenvalue weighted by atomic mass is 35.5. The number of piperazine rings is 1. The number of carboxylic acid groups (broad SMARTS) is 1. The van der Waals surface area contributed by atoms with E-state index >= 15 is 0 Å². The van der Waals surface area contributed by atoms with Gasteiger partial charge in [-0.3, -0.25) is 9.59 Å². The van der Waals surface area contributed by atoms with Gasteiger partial charge in [0.1, 0.15) is 0 Å². The zero-order chi connectivity index (χ0) is 18.9. The maximum Gasteiger partial charge on any atom is 0.315 e. The second kappa shape index (κ2) is 9.86. The van der Waals surface area contributed by atoms with E-state index < -0.39 is 12.0 Å². The van der Waals surface area contributed by atoms with Gasteiger partial charge in [-0.1, -0.05) is 11.6 Å². The molecule has 26 heavy (non-hydrogen) atoms. The average Bonchev–Trinajstić information content (AvgIpc) is 2.64. The summed E-state index contributed by atoms with van der Waals surface area (Å²) in [5.41, 5.74) is 1.07. The van der Waals surface area contributed by atoms with Crippen LogP contribution in [0.2, 0.25) is 5.02 Å². The molecule has 0 atom stereocenters. The van der Waals surface area contributed by atoms with Crippen LogP contribution in [-0.4, -0.2) is 67.2 Å². The maximum atomic E-state index is 12.2. The summed E-state index contributed by atoms with van der Waals surface area (Å²) >= 11 is 5.89. The summed E-state index contributed by atoms with van der Waals surface area (Å²) < 4.78 is 0. The summed E-state index contributed by atoms with van der Waals surface area (Å²) in [6.45, 7) is 2.79. The van der Waals surface area contributed by atoms with E-state index in [4.69, 9.17) is 16.7 Å². The number of carboxylic acids is 1. The van der Waals surface area contributed by atoms with Gasteiger partial charge in [0.25, 0.3) is 0 Å². The van der Waals surface area contributed by atoms with Gasteiger partial charge in [-0.05, 0) is 30.7 Å². The minimum atomic E-state index is -0.903. The van der Waals surface area contributed by atoms with Crippen LogP contribution >= 0.6 is 11.6 Å². The predicted molar refractivity (Wildman–Crippen MR) is 98.5 cm³/mol. The number of hydrogen-bond donors (Lipinski definition) is 3. The number of benzene rings is 1. The number of rotatable bonds is 7. The van der Waals surface area contributed by atoms with Crippen LogP contribution in [0.3, 0.4) is 0 Å². The van der Waals surface area contributed by atoms with Gasteiger partial charge in [-0.25, -0.2) is 4.79 Å². The largest absolute Gasteiger partial charge is 0.481 e. The van der Waals surface area contributed by atoms with E-state index in [9.17, 15) is 14.4 Å². The molecule has 0 saturated carbocycles. The Morgan fingerprint density at radius 3 is 2.31 bits per heavy atom. The fourth-order valence-electron chi connectivity index (χ4n) is 2.64. The number of hydrogen-bond acceptors (Lipinski definition) is 4. The van der Waals surface area contributed by atoms with E-state index in [1.807, 2.05) is 24.3 Å². The quantitative estimate of drug-likeness (QED) is 0.614. The maximum absolute atomic E-state index is 12.2. The van der Waals surface area contributed by atoms with Gasteiger partial charge in [-0.15, -0.1) is 0 Å². The van der Waals surface area contributed by atoms with Crippen molar-refractivity contribution in [2.24, 2.45) is 0 Å². The molecule has 1 saturated heterocycles. The lowest BCUT2D eigenvalue weighted by Crippen LogP contribution is -2.52. The summed E-state index contributed by atoms with van der Waals surface area (Å²) in [7, 11) is 0. The Hall–Kier alpha value is -2.48. The summed E-state index contributed by atoms with van der Waals surface area (Å²) in [6, 6.07) is 7.12. The lowest BCUT2D eigenvalue weighted by Gasteiger charge is -2.36. The lowest BCUT2D eigenvalue weighted by atomic mass is 10.2. The molecule has 3 N–H and O–H groups in total. The number of urea groups is 1. The van der Waals surface area contributed by atoms with Crippen LogP contribution in [0, 0.1) is 0 Å². The third kappa shape index (κ3) is 6.44. The van der Waals surface area contributed by atoms with E-state index in [1.54, 1.807) is 4.90 Å². The zero-order valence-corrected chi connectivity index (χ0v) is 15.2. The molecule has 1 aliphatic rings. The first-order valence-electron chi connectivity index (χ1n) is 8.47. The molecular weight excluding hydrogens is 360 g/mol. The van der Waals surface area contributed by atoms with Gasteiger partial charge >= 0.3 is 12.0 Å². The SMILES string of the molecule is O=C(O)CCCNC(=O)NCC(=O)N1CCN(c2ccc(Cl)cc2)CC1. The highest BCUT2D eigenvalue weighted by Crippen LogP contribution is 2.19. The molecule has 0 aliphatic carbocycles. The van der Waals surface area contributed by atoms with E-state index in [1.165, 1.54) is 0 Å². The Morgan fingerprint density at radius 2 is 1.69 bits per heavy atom. The number of aliphatic carboxylic acids is 1. The molecule has 8 nitrogen and oxygen atoms in total. The van der Waals surface area contributed by atoms with Gasteiger partial charge in [0.15, 0.2) is 0 Å². The van der Waals surface area contributed by atoms with E-state index in [0.717, 1.165) is 18.8 Å². The van der Waals surface area contributed by atoms with Crippen LogP contribution in [0.1, 0.15) is 12.8 Å². The molecule has 0 radical (unpaired) electrons. The second-order valence-electron chi connectivity index (χ2n) is 5.95. The number of nitrogens with zero attached hydrogens (tertiary/aromatic N) is 2. The minimum Gasteiger partial charge on any atom is -0.481 e. The lowest BCUT2D eigenvalue weighted by molar-refractivity contribution is -0.137. The number of anilines is 1. The zero-order valence-electron chi connectivity index (χ0n) is 14.4. The number of carbonyl (C=O) groups excluding carboxylic acids is 2. The van der Waals surface area contributed by atoms with Gasteiger partial charge in [-0.2, -0.15) is 0 Å². The molecule has 1 aromatic rings. The standard InChI is InChI=1S/C17H23ClN4O4/c18-13-3-5-14(6-4-13)21-8-10-22(11-9-21)15(23)12-20-17(26)19-7-1-2-16(24)25/h3-6H,1-2,7-12H2,(H,24,25)(H2,19,20,26). The molecule has 1 aromatic carbocycles. The predicted octanol–water partition coefficient (Wildman–Crippen LogP) is 1.15. The molecule has 1 aliphatic heterocycles. The van der Waals surface area contributed by atoms with E-state index in [0.29, 0.717) is 24.5 Å². The third-order valence-electron chi connectivity index (χ3n) is 4.08. The Kier molecular flexibility index (Phi) is 7.53. The summed E-state index contributed by atoms with van der Waals surface area (Å²) in [6.07, 6.45) is 0.348.